The number of H-pyrrole nitrogens is 1. The Kier molecular flexibility index (Phi) is 7.52. The first-order chi connectivity index (χ1) is 20.2. The van der Waals surface area contributed by atoms with E-state index < -0.39 is 47.2 Å². The zero-order chi connectivity index (χ0) is 29.5. The molecule has 13 heteroatoms. The number of thiazole rings is 1. The largest absolute Gasteiger partial charge is 0.497 e. The molecule has 3 aromatic carbocycles. The number of carbonyl (C=O) groups excluding carboxylic acids is 3. The SMILES string of the molecule is COc1ccc(N2C(=O)[C@H]3[C@H](c4cc(Cl)ccc4OCC(=O)Nc4ccc(F)cc4)c4sc(=O)[nH]c4S[C@H]3C2=O)cc1. The van der Waals surface area contributed by atoms with Gasteiger partial charge in [-0.2, -0.15) is 0 Å². The molecule has 0 saturated carbocycles. The third kappa shape index (κ3) is 5.17. The fourth-order valence-electron chi connectivity index (χ4n) is 5.11. The zero-order valence-electron chi connectivity index (χ0n) is 21.8. The van der Waals surface area contributed by atoms with Gasteiger partial charge in [-0.05, 0) is 66.7 Å². The van der Waals surface area contributed by atoms with Crippen LogP contribution in [0.3, 0.4) is 0 Å². The van der Waals surface area contributed by atoms with E-state index in [1.165, 1.54) is 31.4 Å². The molecule has 3 atom stereocenters. The molecule has 2 N–H and O–H groups in total. The van der Waals surface area contributed by atoms with Gasteiger partial charge in [0, 0.05) is 27.1 Å². The van der Waals surface area contributed by atoms with E-state index in [0.29, 0.717) is 37.6 Å². The lowest BCUT2D eigenvalue weighted by Crippen LogP contribution is -2.32. The summed E-state index contributed by atoms with van der Waals surface area (Å²) >= 11 is 8.50. The van der Waals surface area contributed by atoms with Crippen LogP contribution in [0.25, 0.3) is 0 Å². The highest BCUT2D eigenvalue weighted by atomic mass is 35.5. The third-order valence-corrected chi connectivity index (χ3v) is 9.58. The molecule has 6 rings (SSSR count). The lowest BCUT2D eigenvalue weighted by atomic mass is 9.82. The van der Waals surface area contributed by atoms with Gasteiger partial charge in [0.25, 0.3) is 5.91 Å². The number of nitrogens with zero attached hydrogens (tertiary/aromatic N) is 1. The van der Waals surface area contributed by atoms with Crippen molar-refractivity contribution < 1.29 is 28.2 Å². The number of thioether (sulfide) groups is 1. The predicted octanol–water partition coefficient (Wildman–Crippen LogP) is 5.05. The van der Waals surface area contributed by atoms with E-state index in [1.807, 2.05) is 0 Å². The normalized spacial score (nSPS) is 19.3. The van der Waals surface area contributed by atoms with E-state index >= 15 is 0 Å². The van der Waals surface area contributed by atoms with Gasteiger partial charge in [-0.1, -0.05) is 34.7 Å². The van der Waals surface area contributed by atoms with Gasteiger partial charge in [0.1, 0.15) is 22.6 Å². The third-order valence-electron chi connectivity index (χ3n) is 6.95. The van der Waals surface area contributed by atoms with E-state index in [4.69, 9.17) is 21.1 Å². The minimum atomic E-state index is -0.877. The van der Waals surface area contributed by atoms with Crippen molar-refractivity contribution in [2.75, 3.05) is 23.9 Å². The van der Waals surface area contributed by atoms with Crippen molar-refractivity contribution in [1.82, 2.24) is 4.98 Å². The first-order valence-corrected chi connectivity index (χ1v) is 14.7. The number of rotatable bonds is 7. The Morgan fingerprint density at radius 2 is 1.79 bits per heavy atom. The zero-order valence-corrected chi connectivity index (χ0v) is 24.1. The predicted molar refractivity (Wildman–Crippen MR) is 157 cm³/mol. The molecule has 1 fully saturated rings. The number of aromatic amines is 1. The van der Waals surface area contributed by atoms with E-state index in [1.54, 1.807) is 42.5 Å². The van der Waals surface area contributed by atoms with Crippen LogP contribution in [0.2, 0.25) is 5.02 Å². The van der Waals surface area contributed by atoms with Gasteiger partial charge in [-0.15, -0.1) is 0 Å². The van der Waals surface area contributed by atoms with Gasteiger partial charge >= 0.3 is 4.87 Å². The van der Waals surface area contributed by atoms with Crippen LogP contribution in [-0.4, -0.2) is 41.7 Å². The number of amides is 3. The molecule has 2 aliphatic rings. The van der Waals surface area contributed by atoms with Crippen molar-refractivity contribution in [3.05, 3.63) is 97.7 Å². The first kappa shape index (κ1) is 28.0. The number of imide groups is 1. The van der Waals surface area contributed by atoms with E-state index in [-0.39, 0.29) is 10.6 Å². The Morgan fingerprint density at radius 3 is 2.50 bits per heavy atom. The van der Waals surface area contributed by atoms with Gasteiger partial charge in [-0.25, -0.2) is 9.29 Å². The minimum absolute atomic E-state index is 0.263. The molecule has 0 bridgehead atoms. The number of ether oxygens (including phenoxy) is 2. The smallest absolute Gasteiger partial charge is 0.305 e. The molecule has 0 unspecified atom stereocenters. The summed E-state index contributed by atoms with van der Waals surface area (Å²) in [6.07, 6.45) is 0. The van der Waals surface area contributed by atoms with Crippen molar-refractivity contribution in [3.63, 3.8) is 0 Å². The number of anilines is 2. The number of benzene rings is 3. The molecular weight excluding hydrogens is 605 g/mol. The van der Waals surface area contributed by atoms with Gasteiger partial charge < -0.3 is 19.8 Å². The van der Waals surface area contributed by atoms with Crippen LogP contribution in [0.15, 0.2) is 76.6 Å². The van der Waals surface area contributed by atoms with Crippen LogP contribution in [-0.2, 0) is 14.4 Å². The van der Waals surface area contributed by atoms with Crippen LogP contribution < -0.4 is 24.6 Å². The molecule has 9 nitrogen and oxygen atoms in total. The number of nitrogens with one attached hydrogen (secondary N) is 2. The number of methoxy groups -OCH3 is 1. The van der Waals surface area contributed by atoms with Crippen molar-refractivity contribution >= 4 is 63.8 Å². The molecule has 0 radical (unpaired) electrons. The molecule has 4 aromatic rings. The van der Waals surface area contributed by atoms with Crippen LogP contribution in [0.4, 0.5) is 15.8 Å². The van der Waals surface area contributed by atoms with E-state index in [0.717, 1.165) is 28.0 Å². The average Bonchev–Trinajstić information content (AvgIpc) is 3.47. The summed E-state index contributed by atoms with van der Waals surface area (Å²) in [6.45, 7) is -0.400. The number of halogens is 2. The van der Waals surface area contributed by atoms with Crippen LogP contribution >= 0.6 is 34.7 Å². The Morgan fingerprint density at radius 1 is 1.05 bits per heavy atom. The number of hydrogen-bond acceptors (Lipinski definition) is 8. The summed E-state index contributed by atoms with van der Waals surface area (Å²) in [7, 11) is 1.52. The maximum Gasteiger partial charge on any atom is 0.305 e. The highest BCUT2D eigenvalue weighted by Crippen LogP contribution is 2.54. The lowest BCUT2D eigenvalue weighted by molar-refractivity contribution is -0.122. The molecule has 3 heterocycles. The Bertz CT molecular complexity index is 1760. The summed E-state index contributed by atoms with van der Waals surface area (Å²) in [5.41, 5.74) is 1.25. The van der Waals surface area contributed by atoms with Crippen molar-refractivity contribution in [2.24, 2.45) is 5.92 Å². The molecular formula is C29H21ClFN3O6S2. The lowest BCUT2D eigenvalue weighted by Gasteiger charge is -2.31. The molecule has 2 aliphatic heterocycles. The molecule has 0 spiro atoms. The van der Waals surface area contributed by atoms with Gasteiger partial charge in [-0.3, -0.25) is 19.2 Å². The molecule has 42 heavy (non-hydrogen) atoms. The number of carbonyl (C=O) groups is 3. The standard InChI is InChI=1S/C29H21ClFN3O6S2/c1-39-18-9-7-17(8-10-18)34-27(36)23-22(24-26(33-29(38)42-24)41-25(23)28(34)37)19-12-14(30)2-11-20(19)40-13-21(35)32-16-5-3-15(31)4-6-16/h2-12,22-23,25H,13H2,1H3,(H,32,35)(H,33,38)/t22-,23-,25+/m0/s1. The average molecular weight is 626 g/mol. The topological polar surface area (TPSA) is 118 Å². The first-order valence-electron chi connectivity index (χ1n) is 12.6. The fourth-order valence-corrected chi connectivity index (χ4v) is 7.79. The minimum Gasteiger partial charge on any atom is -0.497 e. The van der Waals surface area contributed by atoms with Gasteiger partial charge in [0.2, 0.25) is 11.8 Å². The second-order valence-corrected chi connectivity index (χ2v) is 12.1. The maximum absolute atomic E-state index is 14.0. The van der Waals surface area contributed by atoms with E-state index in [9.17, 15) is 23.6 Å². The Labute approximate surface area is 251 Å². The summed E-state index contributed by atoms with van der Waals surface area (Å²) in [4.78, 5) is 57.0. The fraction of sp³-hybridized carbons (Fsp3) is 0.172. The Balaban J connectivity index is 1.35. The number of hydrogen-bond donors (Lipinski definition) is 2. The van der Waals surface area contributed by atoms with Crippen molar-refractivity contribution in [1.29, 1.82) is 0 Å². The second-order valence-electron chi connectivity index (χ2n) is 9.49. The molecule has 1 saturated heterocycles. The second kappa shape index (κ2) is 11.3. The molecule has 1 aromatic heterocycles. The highest BCUT2D eigenvalue weighted by Gasteiger charge is 2.56. The summed E-state index contributed by atoms with van der Waals surface area (Å²) in [5, 5.41) is 2.65. The quantitative estimate of drug-likeness (QED) is 0.276. The highest BCUT2D eigenvalue weighted by molar-refractivity contribution is 8.00. The molecule has 0 aliphatic carbocycles. The maximum atomic E-state index is 14.0. The van der Waals surface area contributed by atoms with Gasteiger partial charge in [0.15, 0.2) is 6.61 Å². The van der Waals surface area contributed by atoms with Crippen molar-refractivity contribution in [3.8, 4) is 11.5 Å². The monoisotopic (exact) mass is 625 g/mol. The van der Waals surface area contributed by atoms with Crippen molar-refractivity contribution in [2.45, 2.75) is 16.2 Å². The van der Waals surface area contributed by atoms with Crippen LogP contribution in [0, 0.1) is 11.7 Å². The van der Waals surface area contributed by atoms with Crippen LogP contribution in [0.1, 0.15) is 16.4 Å². The van der Waals surface area contributed by atoms with Crippen LogP contribution in [0.5, 0.6) is 11.5 Å². The number of aromatic nitrogens is 1. The summed E-state index contributed by atoms with van der Waals surface area (Å²) in [6, 6.07) is 16.7. The number of fused-ring (bicyclic) bond motifs is 2. The molecule has 214 valence electrons. The van der Waals surface area contributed by atoms with E-state index in [2.05, 4.69) is 10.3 Å². The van der Waals surface area contributed by atoms with Gasteiger partial charge in [0.05, 0.1) is 23.7 Å². The molecule has 3 amide bonds. The summed E-state index contributed by atoms with van der Waals surface area (Å²) < 4.78 is 24.3. The Hall–Kier alpha value is -4.13. The summed E-state index contributed by atoms with van der Waals surface area (Å²) in [5.74, 6) is -2.57.